The zero-order chi connectivity index (χ0) is 19.2. The number of nitrogens with zero attached hydrogens (tertiary/aromatic N) is 1. The third kappa shape index (κ3) is 3.85. The third-order valence-corrected chi connectivity index (χ3v) is 5.45. The fraction of sp³-hybridized carbons (Fsp3) is 0.650. The molecule has 1 unspecified atom stereocenters. The first kappa shape index (κ1) is 19.1. The fourth-order valence-electron chi connectivity index (χ4n) is 4.12. The van der Waals surface area contributed by atoms with E-state index in [1.54, 1.807) is 4.90 Å². The Morgan fingerprint density at radius 2 is 1.77 bits per heavy atom. The summed E-state index contributed by atoms with van der Waals surface area (Å²) in [5.74, 6) is -2.49. The molecule has 2 atom stereocenters. The van der Waals surface area contributed by atoms with Crippen LogP contribution in [0.3, 0.4) is 0 Å². The third-order valence-electron chi connectivity index (χ3n) is 5.45. The highest BCUT2D eigenvalue weighted by Gasteiger charge is 2.53. The summed E-state index contributed by atoms with van der Waals surface area (Å²) in [5.41, 5.74) is 5.90. The molecule has 2 fully saturated rings. The minimum Gasteiger partial charge on any atom is -0.444 e. The molecule has 0 radical (unpaired) electrons. The number of piperidine rings is 1. The highest BCUT2D eigenvalue weighted by molar-refractivity contribution is 5.69. The van der Waals surface area contributed by atoms with E-state index in [-0.39, 0.29) is 24.7 Å². The van der Waals surface area contributed by atoms with Crippen LogP contribution in [0.5, 0.6) is 0 Å². The van der Waals surface area contributed by atoms with Crippen molar-refractivity contribution in [2.45, 2.75) is 63.6 Å². The first-order chi connectivity index (χ1) is 12.0. The number of ether oxygens (including phenoxy) is 1. The van der Waals surface area contributed by atoms with Crippen molar-refractivity contribution in [2.75, 3.05) is 6.54 Å². The SMILES string of the molecule is CC(C)(C)OC(=O)N1CCC(C2CC(F)(F)C2)C[C@@]1(N)c1ccccc1. The molecule has 1 aliphatic heterocycles. The van der Waals surface area contributed by atoms with E-state index in [1.165, 1.54) is 0 Å². The van der Waals surface area contributed by atoms with E-state index >= 15 is 0 Å². The van der Waals surface area contributed by atoms with Crippen LogP contribution in [0.2, 0.25) is 0 Å². The normalized spacial score (nSPS) is 29.2. The Balaban J connectivity index is 1.85. The average Bonchev–Trinajstić information content (AvgIpc) is 2.51. The molecule has 144 valence electrons. The van der Waals surface area contributed by atoms with Crippen LogP contribution >= 0.6 is 0 Å². The maximum atomic E-state index is 13.3. The Morgan fingerprint density at radius 1 is 1.15 bits per heavy atom. The molecule has 1 amide bonds. The summed E-state index contributed by atoms with van der Waals surface area (Å²) in [6.45, 7) is 5.85. The number of likely N-dealkylation sites (tertiary alicyclic amines) is 1. The van der Waals surface area contributed by atoms with Gasteiger partial charge in [0.25, 0.3) is 0 Å². The van der Waals surface area contributed by atoms with Gasteiger partial charge in [-0.1, -0.05) is 30.3 Å². The lowest BCUT2D eigenvalue weighted by atomic mass is 9.67. The van der Waals surface area contributed by atoms with Gasteiger partial charge >= 0.3 is 6.09 Å². The molecule has 2 aliphatic rings. The molecular formula is C20H28F2N2O2. The fourth-order valence-corrected chi connectivity index (χ4v) is 4.12. The minimum atomic E-state index is -2.54. The molecule has 1 heterocycles. The Kier molecular flexibility index (Phi) is 4.76. The van der Waals surface area contributed by atoms with Crippen LogP contribution in [0.25, 0.3) is 0 Å². The van der Waals surface area contributed by atoms with Gasteiger partial charge in [0, 0.05) is 19.4 Å². The molecule has 1 aliphatic carbocycles. The van der Waals surface area contributed by atoms with E-state index in [0.29, 0.717) is 19.4 Å². The molecule has 3 rings (SSSR count). The van der Waals surface area contributed by atoms with Crippen LogP contribution in [0.15, 0.2) is 30.3 Å². The quantitative estimate of drug-likeness (QED) is 0.839. The van der Waals surface area contributed by atoms with Gasteiger partial charge in [0.1, 0.15) is 11.3 Å². The largest absolute Gasteiger partial charge is 0.444 e. The number of nitrogens with two attached hydrogens (primary N) is 1. The molecule has 1 saturated carbocycles. The van der Waals surface area contributed by atoms with Gasteiger partial charge in [-0.05, 0) is 51.0 Å². The second-order valence-electron chi connectivity index (χ2n) is 8.70. The summed E-state index contributed by atoms with van der Waals surface area (Å²) >= 11 is 0. The summed E-state index contributed by atoms with van der Waals surface area (Å²) in [4.78, 5) is 14.3. The standard InChI is InChI=1S/C20H28F2N2O2/c1-18(2,3)26-17(25)24-10-9-14(15-11-19(21,22)12-15)13-20(24,23)16-7-5-4-6-8-16/h4-8,14-15H,9-13,23H2,1-3H3/t14?,20-/m0/s1. The van der Waals surface area contributed by atoms with Gasteiger partial charge < -0.3 is 10.5 Å². The number of amides is 1. The number of halogens is 2. The van der Waals surface area contributed by atoms with E-state index in [2.05, 4.69) is 0 Å². The Hall–Kier alpha value is -1.69. The van der Waals surface area contributed by atoms with Gasteiger partial charge in [0.15, 0.2) is 0 Å². The van der Waals surface area contributed by atoms with Gasteiger partial charge in [-0.15, -0.1) is 0 Å². The number of hydrogen-bond acceptors (Lipinski definition) is 3. The summed E-state index contributed by atoms with van der Waals surface area (Å²) < 4.78 is 32.2. The van der Waals surface area contributed by atoms with E-state index in [9.17, 15) is 13.6 Å². The van der Waals surface area contributed by atoms with Gasteiger partial charge in [-0.25, -0.2) is 13.6 Å². The summed E-state index contributed by atoms with van der Waals surface area (Å²) in [6.07, 6.45) is 0.536. The monoisotopic (exact) mass is 366 g/mol. The number of rotatable bonds is 2. The molecular weight excluding hydrogens is 338 g/mol. The first-order valence-corrected chi connectivity index (χ1v) is 9.23. The van der Waals surface area contributed by atoms with Crippen molar-refractivity contribution in [2.24, 2.45) is 17.6 Å². The van der Waals surface area contributed by atoms with Gasteiger partial charge in [0.2, 0.25) is 5.92 Å². The lowest BCUT2D eigenvalue weighted by molar-refractivity contribution is -0.139. The van der Waals surface area contributed by atoms with Crippen LogP contribution < -0.4 is 5.73 Å². The summed E-state index contributed by atoms with van der Waals surface area (Å²) in [6, 6.07) is 9.40. The zero-order valence-corrected chi connectivity index (χ0v) is 15.7. The molecule has 4 nitrogen and oxygen atoms in total. The minimum absolute atomic E-state index is 0.0302. The van der Waals surface area contributed by atoms with Gasteiger partial charge in [-0.3, -0.25) is 4.90 Å². The predicted octanol–water partition coefficient (Wildman–Crippen LogP) is 4.49. The number of alkyl halides is 2. The second kappa shape index (κ2) is 6.48. The Labute approximate surface area is 153 Å². The van der Waals surface area contributed by atoms with E-state index < -0.39 is 23.3 Å². The maximum absolute atomic E-state index is 13.3. The van der Waals surface area contributed by atoms with Crippen molar-refractivity contribution in [3.8, 4) is 0 Å². The highest BCUT2D eigenvalue weighted by atomic mass is 19.3. The van der Waals surface area contributed by atoms with Gasteiger partial charge in [0.05, 0.1) is 0 Å². The van der Waals surface area contributed by atoms with Crippen molar-refractivity contribution in [3.63, 3.8) is 0 Å². The molecule has 1 aromatic rings. The lowest BCUT2D eigenvalue weighted by Gasteiger charge is -2.51. The van der Waals surface area contributed by atoms with Crippen molar-refractivity contribution >= 4 is 6.09 Å². The topological polar surface area (TPSA) is 55.6 Å². The summed E-state index contributed by atoms with van der Waals surface area (Å²) in [7, 11) is 0. The molecule has 1 saturated heterocycles. The van der Waals surface area contributed by atoms with E-state index in [4.69, 9.17) is 10.5 Å². The second-order valence-corrected chi connectivity index (χ2v) is 8.70. The number of benzene rings is 1. The zero-order valence-electron chi connectivity index (χ0n) is 15.7. The van der Waals surface area contributed by atoms with E-state index in [1.807, 2.05) is 51.1 Å². The van der Waals surface area contributed by atoms with Crippen LogP contribution in [0.1, 0.15) is 52.0 Å². The molecule has 0 spiro atoms. The predicted molar refractivity (Wildman–Crippen MR) is 95.6 cm³/mol. The maximum Gasteiger partial charge on any atom is 0.412 e. The van der Waals surface area contributed by atoms with Crippen molar-refractivity contribution in [1.29, 1.82) is 0 Å². The smallest absolute Gasteiger partial charge is 0.412 e. The molecule has 2 N–H and O–H groups in total. The molecule has 0 bridgehead atoms. The first-order valence-electron chi connectivity index (χ1n) is 9.23. The molecule has 1 aromatic carbocycles. The van der Waals surface area contributed by atoms with Crippen LogP contribution in [-0.4, -0.2) is 29.1 Å². The summed E-state index contributed by atoms with van der Waals surface area (Å²) in [5, 5.41) is 0. The van der Waals surface area contributed by atoms with Crippen LogP contribution in [0.4, 0.5) is 13.6 Å². The number of carbonyl (C=O) groups excluding carboxylic acids is 1. The highest BCUT2D eigenvalue weighted by Crippen LogP contribution is 2.51. The van der Waals surface area contributed by atoms with Crippen molar-refractivity contribution in [1.82, 2.24) is 4.90 Å². The molecule has 0 aromatic heterocycles. The van der Waals surface area contributed by atoms with Crippen LogP contribution in [-0.2, 0) is 10.4 Å². The molecule has 26 heavy (non-hydrogen) atoms. The van der Waals surface area contributed by atoms with Crippen molar-refractivity contribution < 1.29 is 18.3 Å². The van der Waals surface area contributed by atoms with E-state index in [0.717, 1.165) is 5.56 Å². The Bertz CT molecular complexity index is 652. The van der Waals surface area contributed by atoms with Crippen LogP contribution in [0, 0.1) is 11.8 Å². The molecule has 6 heteroatoms. The van der Waals surface area contributed by atoms with Gasteiger partial charge in [-0.2, -0.15) is 0 Å². The number of carbonyl (C=O) groups is 1. The van der Waals surface area contributed by atoms with Crippen molar-refractivity contribution in [3.05, 3.63) is 35.9 Å². The number of hydrogen-bond donors (Lipinski definition) is 1. The average molecular weight is 366 g/mol. The lowest BCUT2D eigenvalue weighted by Crippen LogP contribution is -2.61. The Morgan fingerprint density at radius 3 is 2.31 bits per heavy atom.